The molecule has 1 fully saturated rings. The number of carbonyl (C=O) groups is 1. The van der Waals surface area contributed by atoms with Crippen molar-refractivity contribution >= 4 is 34.7 Å². The van der Waals surface area contributed by atoms with Crippen molar-refractivity contribution in [3.8, 4) is 10.6 Å². The molecule has 4 rings (SSSR count). The van der Waals surface area contributed by atoms with Gasteiger partial charge in [-0.15, -0.1) is 16.4 Å². The fourth-order valence-electron chi connectivity index (χ4n) is 2.86. The average Bonchev–Trinajstić information content (AvgIpc) is 3.36. The molecule has 10 heteroatoms. The highest BCUT2D eigenvalue weighted by molar-refractivity contribution is 7.19. The number of carbonyl (C=O) groups excluding carboxylic acids is 1. The van der Waals surface area contributed by atoms with Gasteiger partial charge in [0.05, 0.1) is 51.7 Å². The summed E-state index contributed by atoms with van der Waals surface area (Å²) >= 11 is 7.39. The van der Waals surface area contributed by atoms with Crippen LogP contribution in [0.15, 0.2) is 42.9 Å². The standard InChI is InChI=1S/C16H15ClN6O2S/c17-15-4-3-14(26-15)11-2-1-10(7-18-11)20-16(25)22-8-12(13(24)9-22)23-6-5-19-21-23/h1-7,12-13,24H,8-9H2,(H,20,25)/t12-,13-/m1/s1. The highest BCUT2D eigenvalue weighted by Gasteiger charge is 2.35. The van der Waals surface area contributed by atoms with Crippen LogP contribution in [0.5, 0.6) is 0 Å². The molecule has 0 aromatic carbocycles. The third-order valence-corrected chi connectivity index (χ3v) is 5.42. The van der Waals surface area contributed by atoms with E-state index in [4.69, 9.17) is 11.6 Å². The number of likely N-dealkylation sites (tertiary alicyclic amines) is 1. The van der Waals surface area contributed by atoms with E-state index in [1.54, 1.807) is 34.2 Å². The van der Waals surface area contributed by atoms with Crippen molar-refractivity contribution in [2.75, 3.05) is 18.4 Å². The maximum atomic E-state index is 12.4. The molecule has 2 N–H and O–H groups in total. The molecular formula is C16H15ClN6O2S. The molecule has 2 atom stereocenters. The molecule has 3 aromatic heterocycles. The summed E-state index contributed by atoms with van der Waals surface area (Å²) in [6.07, 6.45) is 4.13. The van der Waals surface area contributed by atoms with E-state index in [0.29, 0.717) is 16.6 Å². The minimum Gasteiger partial charge on any atom is -0.389 e. The summed E-state index contributed by atoms with van der Waals surface area (Å²) in [4.78, 5) is 19.3. The van der Waals surface area contributed by atoms with E-state index in [2.05, 4.69) is 20.6 Å². The number of thiophene rings is 1. The minimum atomic E-state index is -0.688. The van der Waals surface area contributed by atoms with Gasteiger partial charge in [-0.25, -0.2) is 9.48 Å². The first-order chi connectivity index (χ1) is 12.6. The van der Waals surface area contributed by atoms with Crippen molar-refractivity contribution in [3.63, 3.8) is 0 Å². The molecule has 2 amide bonds. The van der Waals surface area contributed by atoms with Crippen LogP contribution in [0.25, 0.3) is 10.6 Å². The minimum absolute atomic E-state index is 0.232. The van der Waals surface area contributed by atoms with Crippen LogP contribution in [0.4, 0.5) is 10.5 Å². The van der Waals surface area contributed by atoms with Gasteiger partial charge in [-0.1, -0.05) is 16.8 Å². The number of pyridine rings is 1. The molecule has 0 aliphatic carbocycles. The summed E-state index contributed by atoms with van der Waals surface area (Å²) in [6.45, 7) is 0.588. The highest BCUT2D eigenvalue weighted by Crippen LogP contribution is 2.30. The van der Waals surface area contributed by atoms with E-state index < -0.39 is 6.10 Å². The number of halogens is 1. The Hall–Kier alpha value is -2.49. The lowest BCUT2D eigenvalue weighted by molar-refractivity contribution is 0.139. The second-order valence-electron chi connectivity index (χ2n) is 5.89. The zero-order valence-corrected chi connectivity index (χ0v) is 15.1. The first kappa shape index (κ1) is 17.0. The smallest absolute Gasteiger partial charge is 0.322 e. The number of β-amino-alcohol motifs (C(OH)–C–C–N with tert-alkyl or cyclic N) is 1. The molecule has 8 nitrogen and oxygen atoms in total. The number of urea groups is 1. The number of hydrogen-bond acceptors (Lipinski definition) is 6. The summed E-state index contributed by atoms with van der Waals surface area (Å²) in [6, 6.07) is 6.75. The quantitative estimate of drug-likeness (QED) is 0.716. The van der Waals surface area contributed by atoms with Crippen molar-refractivity contribution < 1.29 is 9.90 Å². The van der Waals surface area contributed by atoms with Gasteiger partial charge >= 0.3 is 6.03 Å². The Kier molecular flexibility index (Phi) is 4.58. The molecular weight excluding hydrogens is 376 g/mol. The number of rotatable bonds is 3. The van der Waals surface area contributed by atoms with E-state index in [-0.39, 0.29) is 18.6 Å². The molecule has 1 saturated heterocycles. The van der Waals surface area contributed by atoms with Gasteiger partial charge in [-0.3, -0.25) is 4.98 Å². The van der Waals surface area contributed by atoms with Gasteiger partial charge in [0.15, 0.2) is 0 Å². The van der Waals surface area contributed by atoms with E-state index in [1.165, 1.54) is 11.3 Å². The summed E-state index contributed by atoms with van der Waals surface area (Å²) in [5.41, 5.74) is 1.38. The third kappa shape index (κ3) is 3.41. The number of amides is 2. The predicted molar refractivity (Wildman–Crippen MR) is 98.2 cm³/mol. The maximum Gasteiger partial charge on any atom is 0.322 e. The second-order valence-corrected chi connectivity index (χ2v) is 7.60. The molecule has 134 valence electrons. The third-order valence-electron chi connectivity index (χ3n) is 4.17. The number of hydrogen-bond donors (Lipinski definition) is 2. The molecule has 1 aliphatic rings. The van der Waals surface area contributed by atoms with Crippen molar-refractivity contribution in [2.24, 2.45) is 0 Å². The lowest BCUT2D eigenvalue weighted by Crippen LogP contribution is -2.33. The van der Waals surface area contributed by atoms with Crippen molar-refractivity contribution in [2.45, 2.75) is 12.1 Å². The zero-order chi connectivity index (χ0) is 18.1. The number of aliphatic hydroxyl groups excluding tert-OH is 1. The molecule has 3 aromatic rings. The van der Waals surface area contributed by atoms with Crippen LogP contribution in [0.1, 0.15) is 6.04 Å². The first-order valence-electron chi connectivity index (χ1n) is 7.92. The molecule has 0 radical (unpaired) electrons. The van der Waals surface area contributed by atoms with Gasteiger partial charge in [0.2, 0.25) is 0 Å². The fourth-order valence-corrected chi connectivity index (χ4v) is 3.88. The molecule has 1 aliphatic heterocycles. The van der Waals surface area contributed by atoms with Crippen LogP contribution in [0, 0.1) is 0 Å². The Balaban J connectivity index is 1.40. The Morgan fingerprint density at radius 1 is 1.31 bits per heavy atom. The van der Waals surface area contributed by atoms with Gasteiger partial charge in [0.1, 0.15) is 0 Å². The monoisotopic (exact) mass is 390 g/mol. The summed E-state index contributed by atoms with van der Waals surface area (Å²) in [5.74, 6) is 0. The predicted octanol–water partition coefficient (Wildman–Crippen LogP) is 2.50. The van der Waals surface area contributed by atoms with Crippen molar-refractivity contribution in [1.82, 2.24) is 24.9 Å². The van der Waals surface area contributed by atoms with Gasteiger partial charge in [0.25, 0.3) is 0 Å². The lowest BCUT2D eigenvalue weighted by Gasteiger charge is -2.16. The maximum absolute atomic E-state index is 12.4. The first-order valence-corrected chi connectivity index (χ1v) is 9.11. The topological polar surface area (TPSA) is 96.2 Å². The summed E-state index contributed by atoms with van der Waals surface area (Å²) in [5, 5.41) is 20.6. The lowest BCUT2D eigenvalue weighted by atomic mass is 10.2. The van der Waals surface area contributed by atoms with E-state index in [9.17, 15) is 9.90 Å². The second kappa shape index (κ2) is 7.02. The molecule has 0 bridgehead atoms. The highest BCUT2D eigenvalue weighted by atomic mass is 35.5. The van der Waals surface area contributed by atoms with Crippen LogP contribution >= 0.6 is 22.9 Å². The number of nitrogens with zero attached hydrogens (tertiary/aromatic N) is 5. The average molecular weight is 391 g/mol. The van der Waals surface area contributed by atoms with Gasteiger partial charge in [0, 0.05) is 12.7 Å². The molecule has 4 heterocycles. The van der Waals surface area contributed by atoms with Gasteiger partial charge in [-0.05, 0) is 24.3 Å². The van der Waals surface area contributed by atoms with Crippen LogP contribution in [0.2, 0.25) is 4.34 Å². The summed E-state index contributed by atoms with van der Waals surface area (Å²) < 4.78 is 2.27. The van der Waals surface area contributed by atoms with E-state index >= 15 is 0 Å². The SMILES string of the molecule is O=C(Nc1ccc(-c2ccc(Cl)s2)nc1)N1C[C@@H](O)[C@H](n2ccnn2)C1. The normalized spacial score (nSPS) is 19.7. The number of aromatic nitrogens is 4. The van der Waals surface area contributed by atoms with E-state index in [0.717, 1.165) is 10.6 Å². The van der Waals surface area contributed by atoms with Gasteiger partial charge in [-0.2, -0.15) is 0 Å². The number of anilines is 1. The molecule has 0 spiro atoms. The number of nitrogens with one attached hydrogen (secondary N) is 1. The molecule has 26 heavy (non-hydrogen) atoms. The van der Waals surface area contributed by atoms with Crippen LogP contribution < -0.4 is 5.32 Å². The Morgan fingerprint density at radius 3 is 2.85 bits per heavy atom. The Labute approximate surface area is 158 Å². The summed E-state index contributed by atoms with van der Waals surface area (Å²) in [7, 11) is 0. The van der Waals surface area contributed by atoms with Crippen molar-refractivity contribution in [1.29, 1.82) is 0 Å². The van der Waals surface area contributed by atoms with E-state index in [1.807, 2.05) is 18.2 Å². The Bertz CT molecular complexity index is 898. The van der Waals surface area contributed by atoms with Crippen molar-refractivity contribution in [3.05, 3.63) is 47.2 Å². The zero-order valence-electron chi connectivity index (χ0n) is 13.5. The number of aliphatic hydroxyl groups is 1. The Morgan fingerprint density at radius 2 is 2.19 bits per heavy atom. The van der Waals surface area contributed by atoms with Crippen LogP contribution in [-0.4, -0.2) is 55.2 Å². The molecule has 0 unspecified atom stereocenters. The van der Waals surface area contributed by atoms with Gasteiger partial charge < -0.3 is 15.3 Å². The fraction of sp³-hybridized carbons (Fsp3) is 0.250. The largest absolute Gasteiger partial charge is 0.389 e. The van der Waals surface area contributed by atoms with Crippen LogP contribution in [-0.2, 0) is 0 Å². The molecule has 0 saturated carbocycles. The van der Waals surface area contributed by atoms with Crippen LogP contribution in [0.3, 0.4) is 0 Å².